The smallest absolute Gasteiger partial charge is 0.272 e. The van der Waals surface area contributed by atoms with Crippen LogP contribution in [0.3, 0.4) is 0 Å². The second-order valence-electron chi connectivity index (χ2n) is 6.29. The average molecular weight is 304 g/mol. The Morgan fingerprint density at radius 3 is 2.82 bits per heavy atom. The number of likely N-dealkylation sites (tertiary alicyclic amines) is 1. The van der Waals surface area contributed by atoms with Crippen LogP contribution in [0.25, 0.3) is 0 Å². The number of aryl methyl sites for hydroxylation is 1. The van der Waals surface area contributed by atoms with Crippen molar-refractivity contribution in [3.05, 3.63) is 18.2 Å². The van der Waals surface area contributed by atoms with Crippen molar-refractivity contribution in [2.45, 2.75) is 51.6 Å². The molecule has 2 aliphatic rings. The molecule has 22 heavy (non-hydrogen) atoms. The highest BCUT2D eigenvalue weighted by atomic mass is 16.2. The predicted octanol–water partition coefficient (Wildman–Crippen LogP) is 1.42. The Morgan fingerprint density at radius 2 is 2.09 bits per heavy atom. The molecule has 3 rings (SSSR count). The minimum atomic E-state index is -0.0671. The molecule has 6 heteroatoms. The molecular weight excluding hydrogens is 280 g/mol. The zero-order valence-electron chi connectivity index (χ0n) is 13.1. The maximum Gasteiger partial charge on any atom is 0.272 e. The van der Waals surface area contributed by atoms with E-state index in [9.17, 15) is 9.59 Å². The molecule has 0 bridgehead atoms. The highest BCUT2D eigenvalue weighted by molar-refractivity contribution is 5.93. The first-order chi connectivity index (χ1) is 10.7. The maximum atomic E-state index is 12.5. The molecule has 1 aliphatic carbocycles. The highest BCUT2D eigenvalue weighted by Crippen LogP contribution is 2.22. The van der Waals surface area contributed by atoms with E-state index in [4.69, 9.17) is 0 Å². The summed E-state index contributed by atoms with van der Waals surface area (Å²) in [4.78, 5) is 30.7. The zero-order chi connectivity index (χ0) is 15.5. The normalized spacial score (nSPS) is 22.2. The van der Waals surface area contributed by atoms with Crippen molar-refractivity contribution in [2.75, 3.05) is 13.1 Å². The van der Waals surface area contributed by atoms with Crippen molar-refractivity contribution < 1.29 is 9.59 Å². The number of nitrogens with zero attached hydrogens (tertiary/aromatic N) is 3. The van der Waals surface area contributed by atoms with Gasteiger partial charge >= 0.3 is 0 Å². The molecule has 1 unspecified atom stereocenters. The van der Waals surface area contributed by atoms with Gasteiger partial charge in [-0.25, -0.2) is 4.98 Å². The van der Waals surface area contributed by atoms with Crippen LogP contribution in [0.4, 0.5) is 0 Å². The van der Waals surface area contributed by atoms with Crippen molar-refractivity contribution >= 4 is 11.8 Å². The van der Waals surface area contributed by atoms with Crippen molar-refractivity contribution in [1.29, 1.82) is 0 Å². The molecule has 1 N–H and O–H groups in total. The Labute approximate surface area is 130 Å². The summed E-state index contributed by atoms with van der Waals surface area (Å²) in [7, 11) is 0. The van der Waals surface area contributed by atoms with Gasteiger partial charge in [0.25, 0.3) is 5.91 Å². The van der Waals surface area contributed by atoms with Gasteiger partial charge in [-0.1, -0.05) is 12.8 Å². The van der Waals surface area contributed by atoms with E-state index in [-0.39, 0.29) is 17.7 Å². The number of imidazole rings is 1. The van der Waals surface area contributed by atoms with Gasteiger partial charge < -0.3 is 14.8 Å². The van der Waals surface area contributed by atoms with E-state index in [0.29, 0.717) is 24.8 Å². The van der Waals surface area contributed by atoms with E-state index in [1.165, 1.54) is 12.8 Å². The van der Waals surface area contributed by atoms with Crippen LogP contribution in [0.15, 0.2) is 12.5 Å². The Hall–Kier alpha value is -1.85. The minimum absolute atomic E-state index is 0.0180. The van der Waals surface area contributed by atoms with E-state index < -0.39 is 0 Å². The van der Waals surface area contributed by atoms with Crippen LogP contribution < -0.4 is 5.32 Å². The van der Waals surface area contributed by atoms with Gasteiger partial charge in [-0.2, -0.15) is 0 Å². The molecule has 0 radical (unpaired) electrons. The Bertz CT molecular complexity index is 548. The molecule has 0 spiro atoms. The number of nitrogens with one attached hydrogen (secondary N) is 1. The van der Waals surface area contributed by atoms with Crippen LogP contribution in [0.5, 0.6) is 0 Å². The van der Waals surface area contributed by atoms with Gasteiger partial charge in [0.05, 0.1) is 18.4 Å². The van der Waals surface area contributed by atoms with E-state index in [0.717, 1.165) is 25.8 Å². The SMILES string of the molecule is CCn1cncc1C(=O)N1CCC(C(=O)NC2CCCC2)C1. The Morgan fingerprint density at radius 1 is 1.32 bits per heavy atom. The highest BCUT2D eigenvalue weighted by Gasteiger charge is 2.33. The van der Waals surface area contributed by atoms with Crippen molar-refractivity contribution in [3.8, 4) is 0 Å². The van der Waals surface area contributed by atoms with Crippen LogP contribution in [0.2, 0.25) is 0 Å². The van der Waals surface area contributed by atoms with E-state index >= 15 is 0 Å². The minimum Gasteiger partial charge on any atom is -0.353 e. The molecule has 1 aliphatic heterocycles. The molecular formula is C16H24N4O2. The lowest BCUT2D eigenvalue weighted by Crippen LogP contribution is -2.39. The quantitative estimate of drug-likeness (QED) is 0.915. The number of carbonyl (C=O) groups is 2. The number of aromatic nitrogens is 2. The van der Waals surface area contributed by atoms with E-state index in [1.54, 1.807) is 17.4 Å². The third kappa shape index (κ3) is 3.00. The van der Waals surface area contributed by atoms with Crippen LogP contribution in [0.1, 0.15) is 49.5 Å². The van der Waals surface area contributed by atoms with Gasteiger partial charge in [0.15, 0.2) is 0 Å². The van der Waals surface area contributed by atoms with Gasteiger partial charge in [-0.3, -0.25) is 9.59 Å². The topological polar surface area (TPSA) is 67.2 Å². The molecule has 1 aromatic heterocycles. The van der Waals surface area contributed by atoms with Gasteiger partial charge in [0, 0.05) is 25.7 Å². The summed E-state index contributed by atoms with van der Waals surface area (Å²) in [6, 6.07) is 0.346. The van der Waals surface area contributed by atoms with Crippen molar-refractivity contribution in [3.63, 3.8) is 0 Å². The van der Waals surface area contributed by atoms with E-state index in [1.807, 2.05) is 11.5 Å². The Balaban J connectivity index is 1.57. The molecule has 0 aromatic carbocycles. The predicted molar refractivity (Wildman–Crippen MR) is 82.3 cm³/mol. The number of amides is 2. The molecule has 2 heterocycles. The number of hydrogen-bond donors (Lipinski definition) is 1. The standard InChI is InChI=1S/C16H24N4O2/c1-2-19-11-17-9-14(19)16(22)20-8-7-12(10-20)15(21)18-13-5-3-4-6-13/h9,11-13H,2-8,10H2,1H3,(H,18,21). The number of carbonyl (C=O) groups excluding carboxylic acids is 2. The molecule has 1 atom stereocenters. The lowest BCUT2D eigenvalue weighted by atomic mass is 10.1. The third-order valence-corrected chi connectivity index (χ3v) is 4.82. The fraction of sp³-hybridized carbons (Fsp3) is 0.688. The summed E-state index contributed by atoms with van der Waals surface area (Å²) in [6.07, 6.45) is 8.64. The average Bonchev–Trinajstić information content (AvgIpc) is 3.26. The summed E-state index contributed by atoms with van der Waals surface area (Å²) in [5, 5.41) is 3.14. The van der Waals surface area contributed by atoms with Gasteiger partial charge in [0.1, 0.15) is 5.69 Å². The van der Waals surface area contributed by atoms with Gasteiger partial charge in [-0.05, 0) is 26.2 Å². The first kappa shape index (κ1) is 15.1. The molecule has 120 valence electrons. The first-order valence-electron chi connectivity index (χ1n) is 8.28. The van der Waals surface area contributed by atoms with Gasteiger partial charge in [-0.15, -0.1) is 0 Å². The Kier molecular flexibility index (Phi) is 4.45. The summed E-state index contributed by atoms with van der Waals surface area (Å²) < 4.78 is 1.84. The largest absolute Gasteiger partial charge is 0.353 e. The van der Waals surface area contributed by atoms with Crippen LogP contribution >= 0.6 is 0 Å². The molecule has 1 aromatic rings. The summed E-state index contributed by atoms with van der Waals surface area (Å²) >= 11 is 0. The first-order valence-corrected chi connectivity index (χ1v) is 8.28. The number of hydrogen-bond acceptors (Lipinski definition) is 3. The second kappa shape index (κ2) is 6.50. The fourth-order valence-electron chi connectivity index (χ4n) is 3.46. The van der Waals surface area contributed by atoms with Crippen LogP contribution in [-0.4, -0.2) is 45.4 Å². The molecule has 1 saturated heterocycles. The van der Waals surface area contributed by atoms with Crippen LogP contribution in [0, 0.1) is 5.92 Å². The number of rotatable bonds is 4. The maximum absolute atomic E-state index is 12.5. The van der Waals surface area contributed by atoms with Crippen molar-refractivity contribution in [1.82, 2.24) is 19.8 Å². The van der Waals surface area contributed by atoms with Gasteiger partial charge in [0.2, 0.25) is 5.91 Å². The summed E-state index contributed by atoms with van der Waals surface area (Å²) in [5.41, 5.74) is 0.611. The molecule has 2 fully saturated rings. The molecule has 2 amide bonds. The lowest BCUT2D eigenvalue weighted by molar-refractivity contribution is -0.125. The molecule has 6 nitrogen and oxygen atoms in total. The monoisotopic (exact) mass is 304 g/mol. The second-order valence-corrected chi connectivity index (χ2v) is 6.29. The summed E-state index contributed by atoms with van der Waals surface area (Å²) in [5.74, 6) is 0.0317. The fourth-order valence-corrected chi connectivity index (χ4v) is 3.46. The summed E-state index contributed by atoms with van der Waals surface area (Å²) in [6.45, 7) is 3.88. The van der Waals surface area contributed by atoms with Crippen LogP contribution in [-0.2, 0) is 11.3 Å². The lowest BCUT2D eigenvalue weighted by Gasteiger charge is -2.18. The van der Waals surface area contributed by atoms with Crippen molar-refractivity contribution in [2.24, 2.45) is 5.92 Å². The molecule has 1 saturated carbocycles. The zero-order valence-corrected chi connectivity index (χ0v) is 13.1. The van der Waals surface area contributed by atoms with E-state index in [2.05, 4.69) is 10.3 Å². The third-order valence-electron chi connectivity index (χ3n) is 4.82.